The Labute approximate surface area is 178 Å². The molecule has 1 aromatic carbocycles. The standard InChI is InChI=1S/C23H24O8/c1-9-5-13-14(20(26)23(4,29)21(27)16(13)8-30-9)7-15-18(24)11(3)12-6-10(2)31-22(28)17(12)19(15)25/h5,8,10,21,24-25,27,29H,6-7H2,1-4H3/t10-,21+,23+/m1/s1. The van der Waals surface area contributed by atoms with E-state index in [-0.39, 0.29) is 34.4 Å². The third-order valence-corrected chi connectivity index (χ3v) is 6.19. The number of esters is 1. The monoisotopic (exact) mass is 428 g/mol. The minimum Gasteiger partial charge on any atom is -0.507 e. The molecule has 0 fully saturated rings. The van der Waals surface area contributed by atoms with E-state index < -0.39 is 35.3 Å². The number of Topliss-reactive ketones (excluding diaryl/α,β-unsaturated/α-hetero) is 1. The number of aliphatic hydroxyl groups is 2. The van der Waals surface area contributed by atoms with Gasteiger partial charge >= 0.3 is 5.97 Å². The van der Waals surface area contributed by atoms with Crippen LogP contribution < -0.4 is 0 Å². The average molecular weight is 428 g/mol. The third kappa shape index (κ3) is 3.05. The molecule has 0 amide bonds. The van der Waals surface area contributed by atoms with Gasteiger partial charge in [0.15, 0.2) is 11.4 Å². The Morgan fingerprint density at radius 3 is 2.55 bits per heavy atom. The van der Waals surface area contributed by atoms with Crippen LogP contribution in [-0.2, 0) is 27.1 Å². The molecule has 0 unspecified atom stereocenters. The SMILES string of the molecule is CC1=CC2=C(Cc3c(O)c(C)c4c(c3O)C(=O)O[C@H](C)C4)C(=O)[C@](C)(O)[C@@H](O)C2=CO1. The predicted molar refractivity (Wildman–Crippen MR) is 108 cm³/mol. The van der Waals surface area contributed by atoms with Gasteiger partial charge in [0.2, 0.25) is 0 Å². The van der Waals surface area contributed by atoms with Gasteiger partial charge in [0, 0.05) is 29.6 Å². The highest BCUT2D eigenvalue weighted by Crippen LogP contribution is 2.45. The second-order valence-electron chi connectivity index (χ2n) is 8.47. The summed E-state index contributed by atoms with van der Waals surface area (Å²) in [7, 11) is 0. The van der Waals surface area contributed by atoms with Crippen molar-refractivity contribution in [1.29, 1.82) is 0 Å². The maximum atomic E-state index is 13.1. The van der Waals surface area contributed by atoms with E-state index in [0.717, 1.165) is 0 Å². The summed E-state index contributed by atoms with van der Waals surface area (Å²) in [5, 5.41) is 42.9. The molecule has 164 valence electrons. The van der Waals surface area contributed by atoms with E-state index in [4.69, 9.17) is 9.47 Å². The number of aliphatic hydroxyl groups excluding tert-OH is 1. The zero-order chi connectivity index (χ0) is 22.8. The molecule has 1 aromatic rings. The maximum absolute atomic E-state index is 13.1. The van der Waals surface area contributed by atoms with Crippen molar-refractivity contribution in [1.82, 2.24) is 0 Å². The molecule has 0 spiro atoms. The number of hydrogen-bond donors (Lipinski definition) is 4. The molecule has 1 aliphatic carbocycles. The van der Waals surface area contributed by atoms with Gasteiger partial charge in [0.25, 0.3) is 0 Å². The van der Waals surface area contributed by atoms with Crippen molar-refractivity contribution < 1.29 is 39.5 Å². The van der Waals surface area contributed by atoms with Crippen LogP contribution >= 0.6 is 0 Å². The van der Waals surface area contributed by atoms with Crippen molar-refractivity contribution in [3.63, 3.8) is 0 Å². The van der Waals surface area contributed by atoms with E-state index in [9.17, 15) is 30.0 Å². The molecule has 0 aromatic heterocycles. The molecule has 0 bridgehead atoms. The Hall–Kier alpha value is -3.10. The van der Waals surface area contributed by atoms with Gasteiger partial charge in [-0.2, -0.15) is 0 Å². The van der Waals surface area contributed by atoms with Crippen molar-refractivity contribution in [2.24, 2.45) is 0 Å². The van der Waals surface area contributed by atoms with Gasteiger partial charge in [-0.25, -0.2) is 4.79 Å². The zero-order valence-electron chi connectivity index (χ0n) is 17.6. The van der Waals surface area contributed by atoms with Crippen LogP contribution in [0.3, 0.4) is 0 Å². The molecule has 0 saturated heterocycles. The number of allylic oxidation sites excluding steroid dienone is 2. The number of rotatable bonds is 2. The first-order valence-electron chi connectivity index (χ1n) is 9.96. The Morgan fingerprint density at radius 2 is 1.87 bits per heavy atom. The quantitative estimate of drug-likeness (QED) is 0.525. The zero-order valence-corrected chi connectivity index (χ0v) is 17.6. The van der Waals surface area contributed by atoms with Crippen LogP contribution in [0.2, 0.25) is 0 Å². The Morgan fingerprint density at radius 1 is 1.19 bits per heavy atom. The highest BCUT2D eigenvalue weighted by atomic mass is 16.5. The molecule has 8 nitrogen and oxygen atoms in total. The number of aromatic hydroxyl groups is 2. The summed E-state index contributed by atoms with van der Waals surface area (Å²) in [6.45, 7) is 6.21. The highest BCUT2D eigenvalue weighted by molar-refractivity contribution is 6.06. The second-order valence-corrected chi connectivity index (χ2v) is 8.47. The topological polar surface area (TPSA) is 134 Å². The fourth-order valence-electron chi connectivity index (χ4n) is 4.40. The molecule has 4 rings (SSSR count). The van der Waals surface area contributed by atoms with Crippen molar-refractivity contribution in [3.8, 4) is 11.5 Å². The summed E-state index contributed by atoms with van der Waals surface area (Å²) >= 11 is 0. The lowest BCUT2D eigenvalue weighted by atomic mass is 9.73. The maximum Gasteiger partial charge on any atom is 0.342 e. The molecule has 4 N–H and O–H groups in total. The first-order valence-corrected chi connectivity index (χ1v) is 9.96. The average Bonchev–Trinajstić information content (AvgIpc) is 2.70. The van der Waals surface area contributed by atoms with Crippen LogP contribution in [0, 0.1) is 6.92 Å². The molecule has 31 heavy (non-hydrogen) atoms. The Balaban J connectivity index is 1.92. The minimum absolute atomic E-state index is 0.0253. The lowest BCUT2D eigenvalue weighted by Crippen LogP contribution is -2.52. The number of cyclic esters (lactones) is 1. The van der Waals surface area contributed by atoms with E-state index in [2.05, 4.69) is 0 Å². The smallest absolute Gasteiger partial charge is 0.342 e. The molecule has 3 atom stereocenters. The fraction of sp³-hybridized carbons (Fsp3) is 0.391. The number of carbonyl (C=O) groups excluding carboxylic acids is 2. The summed E-state index contributed by atoms with van der Waals surface area (Å²) in [6, 6.07) is 0. The summed E-state index contributed by atoms with van der Waals surface area (Å²) in [4.78, 5) is 25.6. The lowest BCUT2D eigenvalue weighted by molar-refractivity contribution is -0.141. The molecular formula is C23H24O8. The molecular weight excluding hydrogens is 404 g/mol. The van der Waals surface area contributed by atoms with Crippen LogP contribution in [0.1, 0.15) is 47.8 Å². The number of carbonyl (C=O) groups is 2. The molecule has 3 aliphatic rings. The molecule has 8 heteroatoms. The number of ether oxygens (including phenoxy) is 2. The minimum atomic E-state index is -2.13. The van der Waals surface area contributed by atoms with Crippen LogP contribution in [0.4, 0.5) is 0 Å². The van der Waals surface area contributed by atoms with Crippen molar-refractivity contribution in [3.05, 3.63) is 57.1 Å². The summed E-state index contributed by atoms with van der Waals surface area (Å²) in [5.41, 5.74) is -0.629. The van der Waals surface area contributed by atoms with Crippen molar-refractivity contribution >= 4 is 11.8 Å². The number of hydrogen-bond acceptors (Lipinski definition) is 8. The fourth-order valence-corrected chi connectivity index (χ4v) is 4.40. The van der Waals surface area contributed by atoms with Crippen LogP contribution in [0.5, 0.6) is 11.5 Å². The first-order chi connectivity index (χ1) is 14.4. The summed E-state index contributed by atoms with van der Waals surface area (Å²) in [6.07, 6.45) is 0.990. The number of phenolic OH excluding ortho intramolecular Hbond substituents is 2. The van der Waals surface area contributed by atoms with Gasteiger partial charge < -0.3 is 29.9 Å². The van der Waals surface area contributed by atoms with Crippen molar-refractivity contribution in [2.45, 2.75) is 58.3 Å². The normalized spacial score (nSPS) is 27.7. The van der Waals surface area contributed by atoms with E-state index in [1.165, 1.54) is 13.2 Å². The second kappa shape index (κ2) is 6.96. The van der Waals surface area contributed by atoms with Crippen LogP contribution in [-0.4, -0.2) is 50.0 Å². The summed E-state index contributed by atoms with van der Waals surface area (Å²) < 4.78 is 10.6. The third-order valence-electron chi connectivity index (χ3n) is 6.19. The first kappa shape index (κ1) is 21.1. The largest absolute Gasteiger partial charge is 0.507 e. The van der Waals surface area contributed by atoms with E-state index in [0.29, 0.717) is 28.9 Å². The Kier molecular flexibility index (Phi) is 4.75. The van der Waals surface area contributed by atoms with Gasteiger partial charge in [0.1, 0.15) is 35.0 Å². The van der Waals surface area contributed by atoms with Crippen LogP contribution in [0.25, 0.3) is 0 Å². The van der Waals surface area contributed by atoms with Gasteiger partial charge in [-0.15, -0.1) is 0 Å². The predicted octanol–water partition coefficient (Wildman–Crippen LogP) is 1.86. The molecule has 0 saturated carbocycles. The molecule has 2 aliphatic heterocycles. The number of fused-ring (bicyclic) bond motifs is 2. The number of phenols is 2. The van der Waals surface area contributed by atoms with Gasteiger partial charge in [-0.1, -0.05) is 0 Å². The van der Waals surface area contributed by atoms with Crippen LogP contribution in [0.15, 0.2) is 34.8 Å². The van der Waals surface area contributed by atoms with Crippen molar-refractivity contribution in [2.75, 3.05) is 0 Å². The van der Waals surface area contributed by atoms with E-state index in [1.807, 2.05) is 0 Å². The summed E-state index contributed by atoms with van der Waals surface area (Å²) in [5.74, 6) is -1.68. The number of ketones is 1. The highest BCUT2D eigenvalue weighted by Gasteiger charge is 2.48. The number of benzene rings is 1. The van der Waals surface area contributed by atoms with Gasteiger partial charge in [-0.3, -0.25) is 4.79 Å². The Bertz CT molecular complexity index is 1120. The molecule has 0 radical (unpaired) electrons. The molecule has 2 heterocycles. The van der Waals surface area contributed by atoms with E-state index >= 15 is 0 Å². The van der Waals surface area contributed by atoms with Gasteiger partial charge in [0.05, 0.1) is 6.26 Å². The lowest BCUT2D eigenvalue weighted by Gasteiger charge is -2.37. The van der Waals surface area contributed by atoms with Gasteiger partial charge in [-0.05, 0) is 50.5 Å². The van der Waals surface area contributed by atoms with E-state index in [1.54, 1.807) is 26.8 Å².